The second-order valence-corrected chi connectivity index (χ2v) is 8.95. The van der Waals surface area contributed by atoms with E-state index in [1.165, 1.54) is 64.2 Å². The Balaban J connectivity index is 0.00000129. The Bertz CT molecular complexity index is 488. The van der Waals surface area contributed by atoms with Crippen molar-refractivity contribution in [3.63, 3.8) is 0 Å². The molecule has 3 N–H and O–H groups in total. The van der Waals surface area contributed by atoms with Crippen LogP contribution in [-0.4, -0.2) is 14.7 Å². The molecule has 1 aromatic rings. The first-order chi connectivity index (χ1) is 13.2. The van der Waals surface area contributed by atoms with Crippen molar-refractivity contribution in [2.75, 3.05) is 0 Å². The van der Waals surface area contributed by atoms with E-state index in [-0.39, 0.29) is 0 Å². The summed E-state index contributed by atoms with van der Waals surface area (Å²) < 4.78 is 8.88. The third kappa shape index (κ3) is 15.3. The maximum absolute atomic E-state index is 8.88. The summed E-state index contributed by atoms with van der Waals surface area (Å²) in [5.41, 5.74) is 1.58. The third-order valence-electron chi connectivity index (χ3n) is 5.59. The maximum atomic E-state index is 8.88. The van der Waals surface area contributed by atoms with E-state index >= 15 is 0 Å². The molecular weight excluding hydrogens is 371 g/mol. The lowest BCUT2D eigenvalue weighted by molar-refractivity contribution is 0.275. The molecule has 0 aliphatic rings. The van der Waals surface area contributed by atoms with Crippen LogP contribution in [-0.2, 0) is 4.57 Å². The molecule has 4 nitrogen and oxygen atoms in total. The van der Waals surface area contributed by atoms with Gasteiger partial charge in [0.2, 0.25) is 0 Å². The number of rotatable bonds is 13. The summed E-state index contributed by atoms with van der Waals surface area (Å²) >= 11 is 0. The number of benzene rings is 1. The van der Waals surface area contributed by atoms with Crippen molar-refractivity contribution in [2.24, 2.45) is 11.8 Å². The lowest BCUT2D eigenvalue weighted by Gasteiger charge is -2.27. The van der Waals surface area contributed by atoms with Crippen LogP contribution in [0, 0.1) is 11.8 Å². The molecule has 0 amide bonds. The smallest absolute Gasteiger partial charge is 0.303 e. The summed E-state index contributed by atoms with van der Waals surface area (Å²) in [5, 5.41) is 0. The van der Waals surface area contributed by atoms with Crippen LogP contribution in [0.25, 0.3) is 0 Å². The minimum absolute atomic E-state index is 0.764. The van der Waals surface area contributed by atoms with Crippen LogP contribution in [0.15, 0.2) is 30.3 Å². The molecule has 2 unspecified atom stereocenters. The Labute approximate surface area is 173 Å². The molecule has 0 heterocycles. The first-order valence-corrected chi connectivity index (χ1v) is 12.6. The Hall–Kier alpha value is -0.670. The highest BCUT2D eigenvalue weighted by molar-refractivity contribution is 7.45. The fourth-order valence-electron chi connectivity index (χ4n) is 3.86. The summed E-state index contributed by atoms with van der Waals surface area (Å²) in [5.74, 6) is 2.58. The zero-order valence-electron chi connectivity index (χ0n) is 18.4. The van der Waals surface area contributed by atoms with E-state index in [4.69, 9.17) is 19.2 Å². The molecule has 0 fully saturated rings. The van der Waals surface area contributed by atoms with Crippen LogP contribution >= 0.6 is 7.82 Å². The van der Waals surface area contributed by atoms with Gasteiger partial charge in [0.15, 0.2) is 0 Å². The van der Waals surface area contributed by atoms with Crippen LogP contribution in [0.4, 0.5) is 0 Å². The fourth-order valence-corrected chi connectivity index (χ4v) is 3.86. The van der Waals surface area contributed by atoms with E-state index in [0.29, 0.717) is 0 Å². The summed E-state index contributed by atoms with van der Waals surface area (Å²) in [6.07, 6.45) is 13.8. The molecular formula is C23H43O4P. The van der Waals surface area contributed by atoms with Crippen molar-refractivity contribution in [1.82, 2.24) is 0 Å². The van der Waals surface area contributed by atoms with E-state index in [2.05, 4.69) is 58.0 Å². The van der Waals surface area contributed by atoms with Gasteiger partial charge in [-0.1, -0.05) is 109 Å². The number of hydrogen-bond acceptors (Lipinski definition) is 1. The zero-order chi connectivity index (χ0) is 21.4. The van der Waals surface area contributed by atoms with Crippen LogP contribution in [0.3, 0.4) is 0 Å². The molecule has 0 radical (unpaired) electrons. The monoisotopic (exact) mass is 414 g/mol. The van der Waals surface area contributed by atoms with Crippen molar-refractivity contribution >= 4 is 7.82 Å². The van der Waals surface area contributed by atoms with Crippen LogP contribution in [0.5, 0.6) is 0 Å². The van der Waals surface area contributed by atoms with Gasteiger partial charge in [-0.2, -0.15) is 0 Å². The minimum atomic E-state index is -4.64. The molecule has 164 valence electrons. The SMILES string of the molecule is CCCCC(CC)CC(CC(CC)CCCC)c1ccccc1.O=P(O)(O)O. The number of phosphoric acid groups is 1. The molecule has 0 aromatic heterocycles. The summed E-state index contributed by atoms with van der Waals surface area (Å²) in [6.45, 7) is 9.41. The Morgan fingerprint density at radius 3 is 1.50 bits per heavy atom. The molecule has 0 saturated heterocycles. The summed E-state index contributed by atoms with van der Waals surface area (Å²) in [4.78, 5) is 21.6. The summed E-state index contributed by atoms with van der Waals surface area (Å²) in [7, 11) is -4.64. The largest absolute Gasteiger partial charge is 0.466 e. The van der Waals surface area contributed by atoms with Gasteiger partial charge in [-0.25, -0.2) is 4.57 Å². The highest BCUT2D eigenvalue weighted by Gasteiger charge is 2.20. The molecule has 0 saturated carbocycles. The average Bonchev–Trinajstić information content (AvgIpc) is 2.66. The van der Waals surface area contributed by atoms with Crippen LogP contribution in [0.2, 0.25) is 0 Å². The van der Waals surface area contributed by atoms with Crippen molar-refractivity contribution in [2.45, 2.75) is 97.8 Å². The van der Waals surface area contributed by atoms with Gasteiger partial charge in [0.05, 0.1) is 0 Å². The minimum Gasteiger partial charge on any atom is -0.303 e. The van der Waals surface area contributed by atoms with Crippen LogP contribution in [0.1, 0.15) is 103 Å². The fraction of sp³-hybridized carbons (Fsp3) is 0.739. The molecule has 0 bridgehead atoms. The first-order valence-electron chi connectivity index (χ1n) is 11.1. The second kappa shape index (κ2) is 16.2. The Morgan fingerprint density at radius 2 is 1.18 bits per heavy atom. The van der Waals surface area contributed by atoms with E-state index in [1.54, 1.807) is 5.56 Å². The van der Waals surface area contributed by atoms with E-state index in [0.717, 1.165) is 17.8 Å². The molecule has 1 rings (SSSR count). The van der Waals surface area contributed by atoms with Gasteiger partial charge in [-0.3, -0.25) is 0 Å². The topological polar surface area (TPSA) is 77.8 Å². The van der Waals surface area contributed by atoms with Gasteiger partial charge in [-0.05, 0) is 36.2 Å². The predicted molar refractivity (Wildman–Crippen MR) is 119 cm³/mol. The molecule has 1 aromatic carbocycles. The van der Waals surface area contributed by atoms with Crippen molar-refractivity contribution in [1.29, 1.82) is 0 Å². The standard InChI is InChI=1S/C23H40.H3O4P/c1-5-9-14-20(7-3)18-23(22-16-12-11-13-17-22)19-21(8-4)15-10-6-2;1-5(2,3)4/h11-13,16-17,20-21,23H,5-10,14-15,18-19H2,1-4H3;(H3,1,2,3,4). The van der Waals surface area contributed by atoms with Gasteiger partial charge >= 0.3 is 7.82 Å². The quantitative estimate of drug-likeness (QED) is 0.302. The predicted octanol–water partition coefficient (Wildman–Crippen LogP) is 7.05. The van der Waals surface area contributed by atoms with Gasteiger partial charge in [0, 0.05) is 0 Å². The number of hydrogen-bond donors (Lipinski definition) is 3. The highest BCUT2D eigenvalue weighted by Crippen LogP contribution is 2.35. The van der Waals surface area contributed by atoms with Crippen molar-refractivity contribution in [3.8, 4) is 0 Å². The molecule has 0 aliphatic carbocycles. The highest BCUT2D eigenvalue weighted by atomic mass is 31.2. The lowest BCUT2D eigenvalue weighted by atomic mass is 9.78. The maximum Gasteiger partial charge on any atom is 0.466 e. The second-order valence-electron chi connectivity index (χ2n) is 7.93. The lowest BCUT2D eigenvalue weighted by Crippen LogP contribution is -2.12. The van der Waals surface area contributed by atoms with E-state index < -0.39 is 7.82 Å². The summed E-state index contributed by atoms with van der Waals surface area (Å²) in [6, 6.07) is 11.3. The normalized spacial score (nSPS) is 14.7. The van der Waals surface area contributed by atoms with Gasteiger partial charge in [-0.15, -0.1) is 0 Å². The molecule has 28 heavy (non-hydrogen) atoms. The third-order valence-corrected chi connectivity index (χ3v) is 5.59. The molecule has 0 spiro atoms. The molecule has 2 atom stereocenters. The van der Waals surface area contributed by atoms with Crippen molar-refractivity contribution in [3.05, 3.63) is 35.9 Å². The zero-order valence-corrected chi connectivity index (χ0v) is 19.3. The van der Waals surface area contributed by atoms with Gasteiger partial charge in [0.1, 0.15) is 0 Å². The Morgan fingerprint density at radius 1 is 0.786 bits per heavy atom. The molecule has 0 aliphatic heterocycles. The van der Waals surface area contributed by atoms with Gasteiger partial charge < -0.3 is 14.7 Å². The van der Waals surface area contributed by atoms with E-state index in [1.807, 2.05) is 0 Å². The van der Waals surface area contributed by atoms with Crippen LogP contribution < -0.4 is 0 Å². The average molecular weight is 415 g/mol. The molecule has 5 heteroatoms. The number of unbranched alkanes of at least 4 members (excludes halogenated alkanes) is 2. The Kier molecular flexibility index (Phi) is 15.8. The van der Waals surface area contributed by atoms with E-state index in [9.17, 15) is 0 Å². The van der Waals surface area contributed by atoms with Gasteiger partial charge in [0.25, 0.3) is 0 Å². The van der Waals surface area contributed by atoms with Crippen molar-refractivity contribution < 1.29 is 19.2 Å². The first kappa shape index (κ1) is 27.3.